The Hall–Kier alpha value is -2.32. The Balaban J connectivity index is 1.59. The minimum atomic E-state index is -2.03. The predicted molar refractivity (Wildman–Crippen MR) is 137 cm³/mol. The van der Waals surface area contributed by atoms with Crippen molar-refractivity contribution in [1.29, 1.82) is 0 Å². The SMILES string of the molecule is CC(C)(C)[S@@+]([O-])N[C@@H](c1cc(OC2CCOC2)ccc1F)[C@@H](F)CC1C(=O)NC(=O)N(C2CCOCC2)C1=O. The fourth-order valence-corrected chi connectivity index (χ4v) is 5.61. The standard InChI is InChI=1S/C26H35F2N3O7S/c1-26(2,3)39(35)30-22(18-12-16(4-5-20(18)27)38-17-8-11-37-14-17)21(28)13-19-23(32)29-25(34)31(24(19)33)15-6-9-36-10-7-15/h4-5,12,15,17,19,21-22,30H,6-11,13-14H2,1-3H3,(H,29,32,34)/t17?,19?,21-,22-,39+/m0/s1. The van der Waals surface area contributed by atoms with Gasteiger partial charge in [-0.25, -0.2) is 13.6 Å². The van der Waals surface area contributed by atoms with Crippen molar-refractivity contribution in [3.63, 3.8) is 0 Å². The summed E-state index contributed by atoms with van der Waals surface area (Å²) in [6.45, 7) is 6.62. The number of urea groups is 1. The molecule has 10 nitrogen and oxygen atoms in total. The van der Waals surface area contributed by atoms with E-state index in [0.717, 1.165) is 11.0 Å². The largest absolute Gasteiger partial charge is 0.598 e. The maximum atomic E-state index is 16.1. The van der Waals surface area contributed by atoms with Crippen molar-refractivity contribution in [2.45, 2.75) is 75.6 Å². The fourth-order valence-electron chi connectivity index (χ4n) is 4.75. The Labute approximate surface area is 229 Å². The molecular weight excluding hydrogens is 536 g/mol. The predicted octanol–water partition coefficient (Wildman–Crippen LogP) is 2.69. The van der Waals surface area contributed by atoms with E-state index in [4.69, 9.17) is 14.2 Å². The van der Waals surface area contributed by atoms with Crippen LogP contribution in [-0.4, -0.2) is 76.8 Å². The summed E-state index contributed by atoms with van der Waals surface area (Å²) in [6.07, 6.45) is -1.47. The summed E-state index contributed by atoms with van der Waals surface area (Å²) < 4.78 is 62.6. The van der Waals surface area contributed by atoms with E-state index in [1.165, 1.54) is 12.1 Å². The van der Waals surface area contributed by atoms with Gasteiger partial charge < -0.3 is 18.8 Å². The molecule has 5 atom stereocenters. The number of barbiturate groups is 1. The number of ether oxygens (including phenoxy) is 3. The molecule has 3 saturated heterocycles. The number of alkyl halides is 1. The van der Waals surface area contributed by atoms with Crippen LogP contribution in [0.3, 0.4) is 0 Å². The lowest BCUT2D eigenvalue weighted by molar-refractivity contribution is -0.146. The molecule has 0 radical (unpaired) electrons. The topological polar surface area (TPSA) is 129 Å². The van der Waals surface area contributed by atoms with Crippen LogP contribution in [0, 0.1) is 11.7 Å². The Morgan fingerprint density at radius 3 is 2.51 bits per heavy atom. The molecule has 216 valence electrons. The second-order valence-electron chi connectivity index (χ2n) is 10.9. The highest BCUT2D eigenvalue weighted by molar-refractivity contribution is 7.90. The van der Waals surface area contributed by atoms with Crippen molar-refractivity contribution in [2.75, 3.05) is 26.4 Å². The van der Waals surface area contributed by atoms with Crippen LogP contribution in [0.4, 0.5) is 13.6 Å². The van der Waals surface area contributed by atoms with Crippen molar-refractivity contribution in [2.24, 2.45) is 5.92 Å². The first-order chi connectivity index (χ1) is 18.5. The molecule has 39 heavy (non-hydrogen) atoms. The molecule has 4 rings (SSSR count). The summed E-state index contributed by atoms with van der Waals surface area (Å²) in [5, 5.41) is 2.15. The van der Waals surface area contributed by atoms with E-state index in [1.807, 2.05) is 0 Å². The second kappa shape index (κ2) is 12.5. The first kappa shape index (κ1) is 29.7. The molecule has 2 unspecified atom stereocenters. The van der Waals surface area contributed by atoms with Gasteiger partial charge in [-0.2, -0.15) is 0 Å². The number of nitrogens with zero attached hydrogens (tertiary/aromatic N) is 1. The normalized spacial score (nSPS) is 25.4. The van der Waals surface area contributed by atoms with E-state index in [0.29, 0.717) is 45.7 Å². The van der Waals surface area contributed by atoms with Crippen molar-refractivity contribution >= 4 is 29.2 Å². The van der Waals surface area contributed by atoms with Crippen LogP contribution in [0.25, 0.3) is 0 Å². The molecular formula is C26H35F2N3O7S. The van der Waals surface area contributed by atoms with Crippen LogP contribution in [0.1, 0.15) is 58.1 Å². The van der Waals surface area contributed by atoms with E-state index in [-0.39, 0.29) is 17.4 Å². The van der Waals surface area contributed by atoms with Gasteiger partial charge in [0.25, 0.3) is 0 Å². The van der Waals surface area contributed by atoms with Gasteiger partial charge in [0.05, 0.1) is 13.2 Å². The summed E-state index contributed by atoms with van der Waals surface area (Å²) in [5.74, 6) is -3.75. The summed E-state index contributed by atoms with van der Waals surface area (Å²) in [4.78, 5) is 39.4. The van der Waals surface area contributed by atoms with Gasteiger partial charge in [-0.3, -0.25) is 19.8 Å². The number of imide groups is 2. The van der Waals surface area contributed by atoms with E-state index < -0.39 is 70.4 Å². The van der Waals surface area contributed by atoms with E-state index >= 15 is 8.78 Å². The lowest BCUT2D eigenvalue weighted by atomic mass is 9.90. The fraction of sp³-hybridized carbons (Fsp3) is 0.654. The van der Waals surface area contributed by atoms with Crippen LogP contribution in [0.5, 0.6) is 5.75 Å². The van der Waals surface area contributed by atoms with Gasteiger partial charge in [0.1, 0.15) is 40.5 Å². The van der Waals surface area contributed by atoms with Crippen molar-refractivity contribution in [1.82, 2.24) is 14.9 Å². The maximum Gasteiger partial charge on any atom is 0.331 e. The highest BCUT2D eigenvalue weighted by atomic mass is 32.2. The monoisotopic (exact) mass is 571 g/mol. The van der Waals surface area contributed by atoms with Gasteiger partial charge in [0, 0.05) is 49.0 Å². The molecule has 0 saturated carbocycles. The Morgan fingerprint density at radius 1 is 1.18 bits per heavy atom. The molecule has 2 N–H and O–H groups in total. The maximum absolute atomic E-state index is 16.1. The van der Waals surface area contributed by atoms with Crippen LogP contribution < -0.4 is 14.8 Å². The zero-order valence-corrected chi connectivity index (χ0v) is 23.1. The highest BCUT2D eigenvalue weighted by Crippen LogP contribution is 2.34. The zero-order chi connectivity index (χ0) is 28.3. The molecule has 1 aromatic rings. The molecule has 1 aromatic carbocycles. The number of carbonyl (C=O) groups is 3. The smallest absolute Gasteiger partial charge is 0.331 e. The molecule has 3 aliphatic heterocycles. The summed E-state index contributed by atoms with van der Waals surface area (Å²) in [7, 11) is 0. The van der Waals surface area contributed by atoms with Gasteiger partial charge in [-0.15, -0.1) is 4.72 Å². The van der Waals surface area contributed by atoms with Gasteiger partial charge in [-0.05, 0) is 51.8 Å². The van der Waals surface area contributed by atoms with E-state index in [2.05, 4.69) is 10.0 Å². The van der Waals surface area contributed by atoms with Crippen molar-refractivity contribution in [3.05, 3.63) is 29.6 Å². The molecule has 0 aliphatic carbocycles. The van der Waals surface area contributed by atoms with Crippen molar-refractivity contribution in [3.8, 4) is 5.75 Å². The number of rotatable bonds is 9. The molecule has 13 heteroatoms. The molecule has 3 aliphatic rings. The van der Waals surface area contributed by atoms with Crippen LogP contribution in [-0.2, 0) is 30.4 Å². The summed E-state index contributed by atoms with van der Waals surface area (Å²) in [5.41, 5.74) is -0.155. The van der Waals surface area contributed by atoms with Crippen LogP contribution >= 0.6 is 0 Å². The van der Waals surface area contributed by atoms with Gasteiger partial charge in [-0.1, -0.05) is 0 Å². The number of hydrogen-bond acceptors (Lipinski definition) is 8. The average Bonchev–Trinajstić information content (AvgIpc) is 3.39. The third-order valence-corrected chi connectivity index (χ3v) is 8.54. The minimum Gasteiger partial charge on any atom is -0.598 e. The lowest BCUT2D eigenvalue weighted by Crippen LogP contribution is -2.62. The number of amides is 4. The number of nitrogens with one attached hydrogen (secondary N) is 2. The Kier molecular flexibility index (Phi) is 9.48. The van der Waals surface area contributed by atoms with Gasteiger partial charge in [0.2, 0.25) is 11.8 Å². The Bertz CT molecular complexity index is 1060. The number of benzene rings is 1. The molecule has 0 bridgehead atoms. The summed E-state index contributed by atoms with van der Waals surface area (Å²) >= 11 is -1.83. The molecule has 4 amide bonds. The van der Waals surface area contributed by atoms with Crippen LogP contribution in [0.15, 0.2) is 18.2 Å². The van der Waals surface area contributed by atoms with Crippen molar-refractivity contribution < 1.29 is 41.9 Å². The van der Waals surface area contributed by atoms with Crippen LogP contribution in [0.2, 0.25) is 0 Å². The third-order valence-electron chi connectivity index (χ3n) is 6.96. The number of carbonyl (C=O) groups excluding carboxylic acids is 3. The first-order valence-electron chi connectivity index (χ1n) is 13.1. The molecule has 0 spiro atoms. The van der Waals surface area contributed by atoms with Gasteiger partial charge in [0.15, 0.2) is 0 Å². The zero-order valence-electron chi connectivity index (χ0n) is 22.2. The minimum absolute atomic E-state index is 0.155. The lowest BCUT2D eigenvalue weighted by Gasteiger charge is -2.38. The van der Waals surface area contributed by atoms with E-state index in [9.17, 15) is 18.9 Å². The quantitative estimate of drug-likeness (QED) is 0.342. The average molecular weight is 572 g/mol. The van der Waals surface area contributed by atoms with E-state index in [1.54, 1.807) is 20.8 Å². The highest BCUT2D eigenvalue weighted by Gasteiger charge is 2.46. The summed E-state index contributed by atoms with van der Waals surface area (Å²) in [6, 6.07) is 1.07. The molecule has 0 aromatic heterocycles. The molecule has 3 fully saturated rings. The number of halogens is 2. The molecule has 3 heterocycles. The second-order valence-corrected chi connectivity index (χ2v) is 12.9. The third kappa shape index (κ3) is 7.07. The number of hydrogen-bond donors (Lipinski definition) is 2. The first-order valence-corrected chi connectivity index (χ1v) is 14.2. The Morgan fingerprint density at radius 2 is 1.87 bits per heavy atom. The van der Waals surface area contributed by atoms with Gasteiger partial charge >= 0.3 is 6.03 Å².